The van der Waals surface area contributed by atoms with Gasteiger partial charge in [-0.05, 0) is 6.92 Å². The fourth-order valence-corrected chi connectivity index (χ4v) is 1.14. The van der Waals surface area contributed by atoms with E-state index >= 15 is 0 Å². The van der Waals surface area contributed by atoms with E-state index in [2.05, 4.69) is 5.10 Å². The van der Waals surface area contributed by atoms with Crippen molar-refractivity contribution in [2.75, 3.05) is 13.2 Å². The van der Waals surface area contributed by atoms with Crippen molar-refractivity contribution in [1.82, 2.24) is 9.78 Å². The van der Waals surface area contributed by atoms with Crippen molar-refractivity contribution in [2.24, 2.45) is 0 Å². The van der Waals surface area contributed by atoms with Crippen LogP contribution in [0.15, 0.2) is 12.4 Å². The second kappa shape index (κ2) is 5.54. The van der Waals surface area contributed by atoms with Crippen molar-refractivity contribution in [1.29, 1.82) is 0 Å². The first kappa shape index (κ1) is 10.9. The predicted octanol–water partition coefficient (Wildman–Crippen LogP) is 1.51. The molecule has 1 heterocycles. The molecule has 4 heteroatoms. The summed E-state index contributed by atoms with van der Waals surface area (Å²) in [5, 5.41) is 4.07. The first-order valence-electron chi connectivity index (χ1n) is 4.91. The molecule has 14 heavy (non-hydrogen) atoms. The number of hydrogen-bond acceptors (Lipinski definition) is 3. The highest BCUT2D eigenvalue weighted by molar-refractivity contribution is 5.95. The third kappa shape index (κ3) is 2.96. The zero-order chi connectivity index (χ0) is 10.4. The van der Waals surface area contributed by atoms with Gasteiger partial charge in [0.05, 0.1) is 24.9 Å². The van der Waals surface area contributed by atoms with Gasteiger partial charge >= 0.3 is 0 Å². The molecule has 0 unspecified atom stereocenters. The van der Waals surface area contributed by atoms with Crippen LogP contribution in [-0.4, -0.2) is 28.8 Å². The number of Topliss-reactive ketones (excluding diaryl/α,β-unsaturated/α-hetero) is 1. The Balaban J connectivity index is 2.46. The zero-order valence-corrected chi connectivity index (χ0v) is 8.69. The predicted molar refractivity (Wildman–Crippen MR) is 53.3 cm³/mol. The maximum atomic E-state index is 11.3. The molecule has 1 aromatic rings. The zero-order valence-electron chi connectivity index (χ0n) is 8.69. The van der Waals surface area contributed by atoms with Crippen molar-refractivity contribution >= 4 is 5.78 Å². The van der Waals surface area contributed by atoms with Crippen LogP contribution in [0.3, 0.4) is 0 Å². The Morgan fingerprint density at radius 3 is 3.00 bits per heavy atom. The van der Waals surface area contributed by atoms with Crippen LogP contribution in [0.2, 0.25) is 0 Å². The van der Waals surface area contributed by atoms with E-state index in [9.17, 15) is 4.79 Å². The standard InChI is InChI=1S/C10H16N2O2/c1-3-10(13)9-7-11-12(8-9)5-6-14-4-2/h7-8H,3-6H2,1-2H3. The molecule has 0 radical (unpaired) electrons. The minimum atomic E-state index is 0.132. The van der Waals surface area contributed by atoms with Crippen molar-refractivity contribution in [3.8, 4) is 0 Å². The monoisotopic (exact) mass is 196 g/mol. The molecule has 0 atom stereocenters. The van der Waals surface area contributed by atoms with Crippen LogP contribution in [0.4, 0.5) is 0 Å². The third-order valence-electron chi connectivity index (χ3n) is 1.95. The minimum absolute atomic E-state index is 0.132. The number of nitrogens with zero attached hydrogens (tertiary/aromatic N) is 2. The van der Waals surface area contributed by atoms with Crippen LogP contribution >= 0.6 is 0 Å². The normalized spacial score (nSPS) is 10.4. The van der Waals surface area contributed by atoms with Gasteiger partial charge in [-0.1, -0.05) is 6.92 Å². The Morgan fingerprint density at radius 1 is 1.57 bits per heavy atom. The molecule has 0 aliphatic carbocycles. The van der Waals surface area contributed by atoms with Gasteiger partial charge in [0.2, 0.25) is 0 Å². The Labute approximate surface area is 83.9 Å². The number of ketones is 1. The van der Waals surface area contributed by atoms with Gasteiger partial charge in [-0.15, -0.1) is 0 Å². The topological polar surface area (TPSA) is 44.1 Å². The average molecular weight is 196 g/mol. The lowest BCUT2D eigenvalue weighted by Crippen LogP contribution is -2.06. The van der Waals surface area contributed by atoms with E-state index in [1.165, 1.54) is 0 Å². The summed E-state index contributed by atoms with van der Waals surface area (Å²) < 4.78 is 6.92. The van der Waals surface area contributed by atoms with Crippen LogP contribution < -0.4 is 0 Å². The SMILES string of the molecule is CCOCCn1cc(C(=O)CC)cn1. The lowest BCUT2D eigenvalue weighted by atomic mass is 10.2. The molecule has 0 aliphatic rings. The van der Waals surface area contributed by atoms with Crippen LogP contribution in [-0.2, 0) is 11.3 Å². The number of carbonyl (C=O) groups excluding carboxylic acids is 1. The van der Waals surface area contributed by atoms with Crippen molar-refractivity contribution < 1.29 is 9.53 Å². The second-order valence-corrected chi connectivity index (χ2v) is 2.97. The summed E-state index contributed by atoms with van der Waals surface area (Å²) in [6, 6.07) is 0. The Hall–Kier alpha value is -1.16. The van der Waals surface area contributed by atoms with Crippen LogP contribution in [0.1, 0.15) is 30.6 Å². The molecule has 0 aromatic carbocycles. The molecule has 0 aliphatic heterocycles. The van der Waals surface area contributed by atoms with Gasteiger partial charge in [-0.25, -0.2) is 0 Å². The van der Waals surface area contributed by atoms with E-state index in [1.54, 1.807) is 17.1 Å². The second-order valence-electron chi connectivity index (χ2n) is 2.97. The summed E-state index contributed by atoms with van der Waals surface area (Å²) in [6.07, 6.45) is 3.90. The van der Waals surface area contributed by atoms with Gasteiger partial charge < -0.3 is 4.74 Å². The van der Waals surface area contributed by atoms with E-state index in [0.29, 0.717) is 31.7 Å². The number of rotatable bonds is 6. The Morgan fingerprint density at radius 2 is 2.36 bits per heavy atom. The van der Waals surface area contributed by atoms with Crippen LogP contribution in [0.25, 0.3) is 0 Å². The van der Waals surface area contributed by atoms with Gasteiger partial charge in [-0.2, -0.15) is 5.10 Å². The summed E-state index contributed by atoms with van der Waals surface area (Å²) in [4.78, 5) is 11.3. The van der Waals surface area contributed by atoms with Gasteiger partial charge in [0.15, 0.2) is 5.78 Å². The Kier molecular flexibility index (Phi) is 4.32. The van der Waals surface area contributed by atoms with Crippen LogP contribution in [0, 0.1) is 0 Å². The molecule has 0 bridgehead atoms. The van der Waals surface area contributed by atoms with Crippen LogP contribution in [0.5, 0.6) is 0 Å². The summed E-state index contributed by atoms with van der Waals surface area (Å²) in [6.45, 7) is 5.85. The third-order valence-corrected chi connectivity index (χ3v) is 1.95. The first-order valence-corrected chi connectivity index (χ1v) is 4.91. The maximum Gasteiger partial charge on any atom is 0.165 e. The molecule has 0 saturated carbocycles. The minimum Gasteiger partial charge on any atom is -0.380 e. The summed E-state index contributed by atoms with van der Waals surface area (Å²) >= 11 is 0. The lowest BCUT2D eigenvalue weighted by molar-refractivity contribution is 0.0987. The first-order chi connectivity index (χ1) is 6.77. The van der Waals surface area contributed by atoms with E-state index < -0.39 is 0 Å². The Bertz CT molecular complexity index is 294. The molecule has 0 fully saturated rings. The van der Waals surface area contributed by atoms with Gasteiger partial charge in [0, 0.05) is 19.2 Å². The quantitative estimate of drug-likeness (QED) is 0.511. The van der Waals surface area contributed by atoms with E-state index in [-0.39, 0.29) is 5.78 Å². The average Bonchev–Trinajstić information content (AvgIpc) is 2.66. The van der Waals surface area contributed by atoms with E-state index in [1.807, 2.05) is 13.8 Å². The highest BCUT2D eigenvalue weighted by Crippen LogP contribution is 2.01. The number of aromatic nitrogens is 2. The van der Waals surface area contributed by atoms with Gasteiger partial charge in [-0.3, -0.25) is 9.48 Å². The molecule has 0 spiro atoms. The highest BCUT2D eigenvalue weighted by Gasteiger charge is 2.05. The largest absolute Gasteiger partial charge is 0.380 e. The van der Waals surface area contributed by atoms with Gasteiger partial charge in [0.1, 0.15) is 0 Å². The molecule has 0 N–H and O–H groups in total. The molecule has 0 saturated heterocycles. The fraction of sp³-hybridized carbons (Fsp3) is 0.600. The van der Waals surface area contributed by atoms with Crippen molar-refractivity contribution in [3.63, 3.8) is 0 Å². The van der Waals surface area contributed by atoms with E-state index in [0.717, 1.165) is 0 Å². The molecule has 4 nitrogen and oxygen atoms in total. The fourth-order valence-electron chi connectivity index (χ4n) is 1.14. The number of hydrogen-bond donors (Lipinski definition) is 0. The summed E-state index contributed by atoms with van der Waals surface area (Å²) in [5.74, 6) is 0.132. The lowest BCUT2D eigenvalue weighted by Gasteiger charge is -2.00. The molecular weight excluding hydrogens is 180 g/mol. The van der Waals surface area contributed by atoms with Crippen molar-refractivity contribution in [3.05, 3.63) is 18.0 Å². The molecular formula is C10H16N2O2. The smallest absolute Gasteiger partial charge is 0.165 e. The molecule has 0 amide bonds. The number of ether oxygens (including phenoxy) is 1. The molecule has 1 aromatic heterocycles. The summed E-state index contributed by atoms with van der Waals surface area (Å²) in [5.41, 5.74) is 0.684. The van der Waals surface area contributed by atoms with Gasteiger partial charge in [0.25, 0.3) is 0 Å². The molecule has 78 valence electrons. The molecule has 1 rings (SSSR count). The number of carbonyl (C=O) groups is 1. The van der Waals surface area contributed by atoms with E-state index in [4.69, 9.17) is 4.74 Å². The van der Waals surface area contributed by atoms with Crippen molar-refractivity contribution in [2.45, 2.75) is 26.8 Å². The maximum absolute atomic E-state index is 11.3. The highest BCUT2D eigenvalue weighted by atomic mass is 16.5. The summed E-state index contributed by atoms with van der Waals surface area (Å²) in [7, 11) is 0.